The number of para-hydroxylation sites is 1. The van der Waals surface area contributed by atoms with Crippen molar-refractivity contribution >= 4 is 29.2 Å². The molecule has 0 atom stereocenters. The van der Waals surface area contributed by atoms with Gasteiger partial charge < -0.3 is 15.0 Å². The van der Waals surface area contributed by atoms with E-state index in [-0.39, 0.29) is 18.2 Å². The van der Waals surface area contributed by atoms with Gasteiger partial charge in [-0.15, -0.1) is 0 Å². The van der Waals surface area contributed by atoms with Crippen molar-refractivity contribution in [1.29, 1.82) is 0 Å². The van der Waals surface area contributed by atoms with Crippen LogP contribution in [0, 0.1) is 0 Å². The Morgan fingerprint density at radius 3 is 2.26 bits per heavy atom. The van der Waals surface area contributed by atoms with E-state index < -0.39 is 5.97 Å². The van der Waals surface area contributed by atoms with E-state index in [1.54, 1.807) is 43.1 Å². The molecule has 0 saturated heterocycles. The Balaban J connectivity index is 1.76. The van der Waals surface area contributed by atoms with Crippen molar-refractivity contribution in [2.75, 3.05) is 23.9 Å². The summed E-state index contributed by atoms with van der Waals surface area (Å²) < 4.78 is 4.91. The minimum absolute atomic E-state index is 0.0345. The highest BCUT2D eigenvalue weighted by molar-refractivity contribution is 5.95. The van der Waals surface area contributed by atoms with Crippen molar-refractivity contribution in [3.05, 3.63) is 60.2 Å². The van der Waals surface area contributed by atoms with Gasteiger partial charge in [0.2, 0.25) is 11.8 Å². The molecule has 0 heterocycles. The molecule has 0 fully saturated rings. The van der Waals surface area contributed by atoms with Gasteiger partial charge in [-0.1, -0.05) is 18.2 Å². The molecule has 0 bridgehead atoms. The highest BCUT2D eigenvalue weighted by atomic mass is 16.5. The number of hydrogen-bond acceptors (Lipinski definition) is 4. The third-order valence-corrected chi connectivity index (χ3v) is 3.99. The first-order valence-electron chi connectivity index (χ1n) is 8.90. The van der Waals surface area contributed by atoms with E-state index >= 15 is 0 Å². The molecule has 0 radical (unpaired) electrons. The minimum Gasteiger partial charge on any atom is -0.462 e. The van der Waals surface area contributed by atoms with Gasteiger partial charge in [-0.25, -0.2) is 4.79 Å². The number of benzene rings is 2. The second-order valence-electron chi connectivity index (χ2n) is 5.99. The molecule has 27 heavy (non-hydrogen) atoms. The summed E-state index contributed by atoms with van der Waals surface area (Å²) in [6, 6.07) is 15.9. The van der Waals surface area contributed by atoms with E-state index in [0.29, 0.717) is 30.7 Å². The number of esters is 1. The van der Waals surface area contributed by atoms with E-state index in [1.165, 1.54) is 0 Å². The zero-order valence-electron chi connectivity index (χ0n) is 15.6. The SMILES string of the molecule is CCOC(=O)c1ccc(NC(=O)CCCC(=O)N(C)c2ccccc2)cc1. The molecule has 0 unspecified atom stereocenters. The fourth-order valence-electron chi connectivity index (χ4n) is 2.49. The zero-order valence-corrected chi connectivity index (χ0v) is 15.6. The maximum Gasteiger partial charge on any atom is 0.338 e. The lowest BCUT2D eigenvalue weighted by Gasteiger charge is -2.17. The fraction of sp³-hybridized carbons (Fsp3) is 0.286. The number of nitrogens with zero attached hydrogens (tertiary/aromatic N) is 1. The molecular formula is C21H24N2O4. The third kappa shape index (κ3) is 6.26. The summed E-state index contributed by atoms with van der Waals surface area (Å²) in [5.41, 5.74) is 1.86. The lowest BCUT2D eigenvalue weighted by Crippen LogP contribution is -2.26. The van der Waals surface area contributed by atoms with Crippen LogP contribution in [-0.4, -0.2) is 31.4 Å². The Morgan fingerprint density at radius 1 is 0.963 bits per heavy atom. The first kappa shape index (κ1) is 20.2. The van der Waals surface area contributed by atoms with E-state index in [9.17, 15) is 14.4 Å². The number of rotatable bonds is 8. The molecule has 2 rings (SSSR count). The normalized spacial score (nSPS) is 10.1. The Bertz CT molecular complexity index is 773. The monoisotopic (exact) mass is 368 g/mol. The van der Waals surface area contributed by atoms with Crippen molar-refractivity contribution in [2.45, 2.75) is 26.2 Å². The molecule has 0 aliphatic heterocycles. The Hall–Kier alpha value is -3.15. The quantitative estimate of drug-likeness (QED) is 0.722. The first-order valence-corrected chi connectivity index (χ1v) is 8.90. The van der Waals surface area contributed by atoms with E-state index in [4.69, 9.17) is 4.74 Å². The van der Waals surface area contributed by atoms with Crippen LogP contribution in [0.5, 0.6) is 0 Å². The summed E-state index contributed by atoms with van der Waals surface area (Å²) in [6.45, 7) is 2.06. The smallest absolute Gasteiger partial charge is 0.338 e. The van der Waals surface area contributed by atoms with Crippen molar-refractivity contribution in [2.24, 2.45) is 0 Å². The van der Waals surface area contributed by atoms with Crippen LogP contribution in [0.2, 0.25) is 0 Å². The number of amides is 2. The average Bonchev–Trinajstić information content (AvgIpc) is 2.68. The van der Waals surface area contributed by atoms with Crippen LogP contribution in [0.15, 0.2) is 54.6 Å². The van der Waals surface area contributed by atoms with Gasteiger partial charge in [-0.05, 0) is 49.7 Å². The van der Waals surface area contributed by atoms with Crippen LogP contribution < -0.4 is 10.2 Å². The maximum atomic E-state index is 12.2. The molecular weight excluding hydrogens is 344 g/mol. The number of nitrogens with one attached hydrogen (secondary N) is 1. The van der Waals surface area contributed by atoms with Crippen molar-refractivity contribution in [3.63, 3.8) is 0 Å². The number of ether oxygens (including phenoxy) is 1. The van der Waals surface area contributed by atoms with Crippen LogP contribution in [-0.2, 0) is 14.3 Å². The Kier molecular flexibility index (Phi) is 7.55. The Morgan fingerprint density at radius 2 is 1.63 bits per heavy atom. The predicted molar refractivity (Wildman–Crippen MR) is 105 cm³/mol. The predicted octanol–water partition coefficient (Wildman–Crippen LogP) is 3.64. The van der Waals surface area contributed by atoms with Crippen LogP contribution in [0.3, 0.4) is 0 Å². The zero-order chi connectivity index (χ0) is 19.6. The van der Waals surface area contributed by atoms with Gasteiger partial charge in [0, 0.05) is 31.3 Å². The van der Waals surface area contributed by atoms with Gasteiger partial charge in [0.05, 0.1) is 12.2 Å². The van der Waals surface area contributed by atoms with Crippen molar-refractivity contribution < 1.29 is 19.1 Å². The lowest BCUT2D eigenvalue weighted by atomic mass is 10.2. The van der Waals surface area contributed by atoms with E-state index in [0.717, 1.165) is 5.69 Å². The summed E-state index contributed by atoms with van der Waals surface area (Å²) in [6.07, 6.45) is 0.997. The molecule has 6 heteroatoms. The van der Waals surface area contributed by atoms with E-state index in [1.807, 2.05) is 30.3 Å². The molecule has 0 aliphatic rings. The van der Waals surface area contributed by atoms with Gasteiger partial charge in [0.25, 0.3) is 0 Å². The summed E-state index contributed by atoms with van der Waals surface area (Å²) >= 11 is 0. The lowest BCUT2D eigenvalue weighted by molar-refractivity contribution is -0.118. The third-order valence-electron chi connectivity index (χ3n) is 3.99. The van der Waals surface area contributed by atoms with Gasteiger partial charge >= 0.3 is 5.97 Å². The van der Waals surface area contributed by atoms with E-state index in [2.05, 4.69) is 5.32 Å². The molecule has 0 aromatic heterocycles. The number of carbonyl (C=O) groups excluding carboxylic acids is 3. The number of anilines is 2. The van der Waals surface area contributed by atoms with Gasteiger partial charge in [-0.3, -0.25) is 9.59 Å². The molecule has 0 saturated carbocycles. The average molecular weight is 368 g/mol. The molecule has 6 nitrogen and oxygen atoms in total. The Labute approximate surface area is 159 Å². The summed E-state index contributed by atoms with van der Waals surface area (Å²) in [4.78, 5) is 37.4. The van der Waals surface area contributed by atoms with Crippen LogP contribution in [0.1, 0.15) is 36.5 Å². The number of carbonyl (C=O) groups is 3. The largest absolute Gasteiger partial charge is 0.462 e. The summed E-state index contributed by atoms with van der Waals surface area (Å²) in [7, 11) is 1.73. The minimum atomic E-state index is -0.392. The van der Waals surface area contributed by atoms with Crippen LogP contribution in [0.25, 0.3) is 0 Å². The van der Waals surface area contributed by atoms with Crippen LogP contribution in [0.4, 0.5) is 11.4 Å². The fourth-order valence-corrected chi connectivity index (χ4v) is 2.49. The van der Waals surface area contributed by atoms with Crippen molar-refractivity contribution in [1.82, 2.24) is 0 Å². The molecule has 2 aromatic carbocycles. The molecule has 1 N–H and O–H groups in total. The summed E-state index contributed by atoms with van der Waals surface area (Å²) in [5, 5.41) is 2.76. The molecule has 2 aromatic rings. The standard InChI is InChI=1S/C21H24N2O4/c1-3-27-21(26)16-12-14-17(15-13-16)22-19(24)10-7-11-20(25)23(2)18-8-5-4-6-9-18/h4-6,8-9,12-15H,3,7,10-11H2,1-2H3,(H,22,24). The van der Waals surface area contributed by atoms with Crippen molar-refractivity contribution in [3.8, 4) is 0 Å². The van der Waals surface area contributed by atoms with Gasteiger partial charge in [0.1, 0.15) is 0 Å². The highest BCUT2D eigenvalue weighted by Crippen LogP contribution is 2.14. The van der Waals surface area contributed by atoms with Gasteiger partial charge in [0.15, 0.2) is 0 Å². The first-order chi connectivity index (χ1) is 13.0. The maximum absolute atomic E-state index is 12.2. The highest BCUT2D eigenvalue weighted by Gasteiger charge is 2.12. The molecule has 0 spiro atoms. The molecule has 142 valence electrons. The second kappa shape index (κ2) is 10.1. The topological polar surface area (TPSA) is 75.7 Å². The summed E-state index contributed by atoms with van der Waals surface area (Å²) in [5.74, 6) is -0.599. The number of hydrogen-bond donors (Lipinski definition) is 1. The molecule has 2 amide bonds. The molecule has 0 aliphatic carbocycles. The second-order valence-corrected chi connectivity index (χ2v) is 5.99. The van der Waals surface area contributed by atoms with Crippen LogP contribution >= 0.6 is 0 Å². The van der Waals surface area contributed by atoms with Gasteiger partial charge in [-0.2, -0.15) is 0 Å².